The van der Waals surface area contributed by atoms with E-state index >= 15 is 0 Å². The Morgan fingerprint density at radius 2 is 0.731 bits per heavy atom. The van der Waals surface area contributed by atoms with Crippen molar-refractivity contribution in [3.63, 3.8) is 0 Å². The lowest BCUT2D eigenvalue weighted by molar-refractivity contribution is -0.332. The van der Waals surface area contributed by atoms with Gasteiger partial charge in [-0.25, -0.2) is 0 Å². The van der Waals surface area contributed by atoms with E-state index in [2.05, 4.69) is 38.2 Å². The van der Waals surface area contributed by atoms with E-state index in [0.29, 0.717) is 12.8 Å². The number of esters is 2. The molecule has 2 aliphatic rings. The summed E-state index contributed by atoms with van der Waals surface area (Å²) in [6.07, 6.45) is 39.1. The molecule has 0 aromatic carbocycles. The molecule has 7 N–H and O–H groups in total. The summed E-state index contributed by atoms with van der Waals surface area (Å²) >= 11 is 0. The first-order valence-electron chi connectivity index (χ1n) is 31.9. The molecule has 2 saturated heterocycles. The summed E-state index contributed by atoms with van der Waals surface area (Å²) in [6, 6.07) is 0. The Hall–Kier alpha value is -2.02. The van der Waals surface area contributed by atoms with Crippen molar-refractivity contribution in [2.24, 2.45) is 0 Å². The average Bonchev–Trinajstić information content (AvgIpc) is 3.44. The van der Waals surface area contributed by atoms with Gasteiger partial charge in [0.2, 0.25) is 0 Å². The van der Waals surface area contributed by atoms with Gasteiger partial charge in [-0.15, -0.1) is 0 Å². The van der Waals surface area contributed by atoms with Crippen molar-refractivity contribution in [1.29, 1.82) is 0 Å². The maximum Gasteiger partial charge on any atom is 0.306 e. The van der Waals surface area contributed by atoms with Crippen LogP contribution in [-0.4, -0.2) is 142 Å². The van der Waals surface area contributed by atoms with Crippen LogP contribution in [-0.2, 0) is 38.0 Å². The molecule has 0 aromatic heterocycles. The van der Waals surface area contributed by atoms with Crippen LogP contribution in [0.1, 0.15) is 271 Å². The van der Waals surface area contributed by atoms with Gasteiger partial charge in [0.1, 0.15) is 55.4 Å². The van der Waals surface area contributed by atoms with Gasteiger partial charge in [0.05, 0.1) is 19.8 Å². The van der Waals surface area contributed by atoms with E-state index in [0.717, 1.165) is 38.5 Å². The molecule has 2 fully saturated rings. The monoisotopic (exact) mass is 1110 g/mol. The van der Waals surface area contributed by atoms with Crippen LogP contribution in [0.15, 0.2) is 24.3 Å². The number of aliphatic hydroxyl groups is 7. The van der Waals surface area contributed by atoms with E-state index in [1.807, 2.05) is 0 Å². The predicted molar refractivity (Wildman–Crippen MR) is 307 cm³/mol. The quantitative estimate of drug-likeness (QED) is 0.0171. The minimum atomic E-state index is -1.76. The largest absolute Gasteiger partial charge is 0.462 e. The molecule has 0 bridgehead atoms. The zero-order valence-corrected chi connectivity index (χ0v) is 49.2. The molecule has 2 rings (SSSR count). The second kappa shape index (κ2) is 49.6. The van der Waals surface area contributed by atoms with Gasteiger partial charge in [-0.05, 0) is 64.2 Å². The molecule has 78 heavy (non-hydrogen) atoms. The highest BCUT2D eigenvalue weighted by molar-refractivity contribution is 5.70. The van der Waals surface area contributed by atoms with Crippen molar-refractivity contribution >= 4 is 11.9 Å². The maximum atomic E-state index is 13.1. The number of carbonyl (C=O) groups excluding carboxylic acids is 2. The molecule has 458 valence electrons. The van der Waals surface area contributed by atoms with Crippen molar-refractivity contribution in [1.82, 2.24) is 0 Å². The van der Waals surface area contributed by atoms with Crippen LogP contribution in [0.5, 0.6) is 0 Å². The molecule has 2 aliphatic heterocycles. The highest BCUT2D eigenvalue weighted by atomic mass is 16.7. The Labute approximate surface area is 473 Å². The van der Waals surface area contributed by atoms with Crippen LogP contribution in [0.2, 0.25) is 0 Å². The zero-order valence-electron chi connectivity index (χ0n) is 49.2. The summed E-state index contributed by atoms with van der Waals surface area (Å²) in [5.41, 5.74) is 0. The van der Waals surface area contributed by atoms with E-state index in [9.17, 15) is 45.3 Å². The number of rotatable bonds is 52. The molecule has 2 heterocycles. The van der Waals surface area contributed by atoms with Gasteiger partial charge in [-0.3, -0.25) is 9.59 Å². The van der Waals surface area contributed by atoms with Crippen molar-refractivity contribution in [2.75, 3.05) is 26.4 Å². The third-order valence-corrected chi connectivity index (χ3v) is 15.4. The molecule has 15 heteroatoms. The van der Waals surface area contributed by atoms with Crippen molar-refractivity contribution in [3.05, 3.63) is 24.3 Å². The smallest absolute Gasteiger partial charge is 0.306 e. The third kappa shape index (κ3) is 35.8. The molecule has 15 nitrogen and oxygen atoms in total. The molecule has 0 aliphatic carbocycles. The number of hydrogen-bond donors (Lipinski definition) is 7. The lowest BCUT2D eigenvalue weighted by Gasteiger charge is -2.42. The summed E-state index contributed by atoms with van der Waals surface area (Å²) in [4.78, 5) is 26.0. The Morgan fingerprint density at radius 1 is 0.397 bits per heavy atom. The van der Waals surface area contributed by atoms with Gasteiger partial charge < -0.3 is 64.2 Å². The van der Waals surface area contributed by atoms with Crippen molar-refractivity contribution < 1.29 is 73.8 Å². The van der Waals surface area contributed by atoms with E-state index in [1.54, 1.807) is 0 Å². The van der Waals surface area contributed by atoms with Crippen LogP contribution >= 0.6 is 0 Å². The highest BCUT2D eigenvalue weighted by Gasteiger charge is 2.47. The molecule has 0 spiro atoms. The second-order valence-corrected chi connectivity index (χ2v) is 22.6. The summed E-state index contributed by atoms with van der Waals surface area (Å²) < 4.78 is 33.8. The molecule has 4 unspecified atom stereocenters. The number of aliphatic hydroxyl groups excluding tert-OH is 7. The molecule has 0 amide bonds. The fourth-order valence-electron chi connectivity index (χ4n) is 10.2. The minimum absolute atomic E-state index is 0.167. The van der Waals surface area contributed by atoms with Gasteiger partial charge in [0.25, 0.3) is 0 Å². The first kappa shape index (κ1) is 72.1. The van der Waals surface area contributed by atoms with Gasteiger partial charge in [-0.1, -0.05) is 218 Å². The summed E-state index contributed by atoms with van der Waals surface area (Å²) in [6.45, 7) is 2.64. The fraction of sp³-hybridized carbons (Fsp3) is 0.905. The topological polar surface area (TPSA) is 231 Å². The average molecular weight is 1110 g/mol. The van der Waals surface area contributed by atoms with Crippen molar-refractivity contribution in [3.8, 4) is 0 Å². The van der Waals surface area contributed by atoms with Crippen molar-refractivity contribution in [2.45, 2.75) is 338 Å². The molecule has 0 aromatic rings. The summed E-state index contributed by atoms with van der Waals surface area (Å²) in [5, 5.41) is 72.4. The van der Waals surface area contributed by atoms with Crippen LogP contribution in [0, 0.1) is 0 Å². The van der Waals surface area contributed by atoms with E-state index in [4.69, 9.17) is 28.4 Å². The van der Waals surface area contributed by atoms with Crippen LogP contribution < -0.4 is 0 Å². The van der Waals surface area contributed by atoms with Gasteiger partial charge in [-0.2, -0.15) is 0 Å². The van der Waals surface area contributed by atoms with E-state index in [1.165, 1.54) is 193 Å². The van der Waals surface area contributed by atoms with Crippen LogP contribution in [0.4, 0.5) is 0 Å². The van der Waals surface area contributed by atoms with Crippen LogP contribution in [0.3, 0.4) is 0 Å². The Balaban J connectivity index is 1.71. The normalized spacial score (nSPS) is 24.1. The van der Waals surface area contributed by atoms with Gasteiger partial charge >= 0.3 is 11.9 Å². The SMILES string of the molecule is CCCCCCCC/C=C/CCCCCCCCCCCCCC(=O)OC[C@@H](CO[C@@H]1O[C@H](CO[C@@H]2O[C@H](CO)[C@H](O)C(O)C2O)[C@H](O)C(O)C1O)OC(=O)CCCCCCCCCCCCC/C=C/CCCCCCCC. The van der Waals surface area contributed by atoms with Gasteiger partial charge in [0, 0.05) is 12.8 Å². The molecule has 0 saturated carbocycles. The Morgan fingerprint density at radius 3 is 1.13 bits per heavy atom. The van der Waals surface area contributed by atoms with E-state index < -0.39 is 92.7 Å². The Bertz CT molecular complexity index is 1450. The number of unbranched alkanes of at least 4 members (excludes halogenated alkanes) is 34. The minimum Gasteiger partial charge on any atom is -0.462 e. The lowest BCUT2D eigenvalue weighted by Crippen LogP contribution is -2.61. The number of allylic oxidation sites excluding steroid dienone is 4. The first-order valence-corrected chi connectivity index (χ1v) is 31.9. The fourth-order valence-corrected chi connectivity index (χ4v) is 10.2. The predicted octanol–water partition coefficient (Wildman–Crippen LogP) is 11.8. The standard InChI is InChI=1S/C63H116O15/c1-3-5-7-9-11-13-15-17-19-21-23-25-27-29-31-33-35-37-39-41-43-45-54(65)73-48-51(49-74-62-61(72)59(70)57(68)53(78-62)50-75-63-60(71)58(69)56(67)52(47-64)77-63)76-55(66)46-44-42-40-38-36-34-32-30-28-26-24-22-20-18-16-14-12-10-8-6-4-2/h17-20,51-53,56-64,67-72H,3-16,21-50H2,1-2H3/b19-17+,20-18+/t51-,52+,53+,56-,57-,58?,59?,60?,61?,62+,63+/m0/s1. The Kier molecular flexibility index (Phi) is 45.8. The maximum absolute atomic E-state index is 13.1. The first-order chi connectivity index (χ1) is 38.0. The molecule has 0 radical (unpaired) electrons. The molecular formula is C63H116O15. The second-order valence-electron chi connectivity index (χ2n) is 22.6. The number of ether oxygens (including phenoxy) is 6. The third-order valence-electron chi connectivity index (χ3n) is 15.4. The summed E-state index contributed by atoms with van der Waals surface area (Å²) in [7, 11) is 0. The number of carbonyl (C=O) groups is 2. The number of hydrogen-bond acceptors (Lipinski definition) is 15. The van der Waals surface area contributed by atoms with Crippen LogP contribution in [0.25, 0.3) is 0 Å². The molecule has 11 atom stereocenters. The van der Waals surface area contributed by atoms with Gasteiger partial charge in [0.15, 0.2) is 18.7 Å². The lowest BCUT2D eigenvalue weighted by atomic mass is 9.98. The van der Waals surface area contributed by atoms with E-state index in [-0.39, 0.29) is 26.1 Å². The summed E-state index contributed by atoms with van der Waals surface area (Å²) in [5.74, 6) is -0.912. The molecular weight excluding hydrogens is 997 g/mol. The highest BCUT2D eigenvalue weighted by Crippen LogP contribution is 2.27. The zero-order chi connectivity index (χ0) is 56.7.